The molecule has 4 heterocycles. The summed E-state index contributed by atoms with van der Waals surface area (Å²) in [5.41, 5.74) is 5.07. The van der Waals surface area contributed by atoms with Crippen molar-refractivity contribution < 1.29 is 21.6 Å². The SMILES string of the molecule is O=S1(=O)CCN(Cc2ccc(-c3ccc(C(CC4CCOCC4)c4ccc(S(=O)(=O)C5CC5)cc4)[nH]3)nc2)CC1. The highest BCUT2D eigenvalue weighted by Gasteiger charge is 2.37. The highest BCUT2D eigenvalue weighted by Crippen LogP contribution is 2.37. The highest BCUT2D eigenvalue weighted by atomic mass is 32.2. The normalized spacial score (nSPS) is 21.3. The number of aromatic amines is 1. The zero-order chi connectivity index (χ0) is 27.7. The molecule has 3 fully saturated rings. The average Bonchev–Trinajstić information content (AvgIpc) is 3.72. The molecule has 3 aliphatic rings. The van der Waals surface area contributed by atoms with E-state index < -0.39 is 19.7 Å². The first-order chi connectivity index (χ1) is 19.3. The minimum Gasteiger partial charge on any atom is -0.381 e. The first-order valence-electron chi connectivity index (χ1n) is 14.3. The second-order valence-corrected chi connectivity index (χ2v) is 16.0. The van der Waals surface area contributed by atoms with Crippen LogP contribution in [0.5, 0.6) is 0 Å². The van der Waals surface area contributed by atoms with E-state index in [2.05, 4.69) is 28.1 Å². The number of pyridine rings is 1. The maximum absolute atomic E-state index is 12.7. The molecule has 0 bridgehead atoms. The van der Waals surface area contributed by atoms with E-state index in [9.17, 15) is 16.8 Å². The van der Waals surface area contributed by atoms with E-state index in [1.165, 1.54) is 0 Å². The van der Waals surface area contributed by atoms with Crippen LogP contribution in [0.3, 0.4) is 0 Å². The molecule has 1 N–H and O–H groups in total. The Morgan fingerprint density at radius 3 is 2.33 bits per heavy atom. The lowest BCUT2D eigenvalue weighted by atomic mass is 9.83. The Bertz CT molecular complexity index is 1510. The smallest absolute Gasteiger partial charge is 0.181 e. The number of benzene rings is 1. The molecule has 214 valence electrons. The number of nitrogens with zero attached hydrogens (tertiary/aromatic N) is 2. The third kappa shape index (κ3) is 6.35. The van der Waals surface area contributed by atoms with Crippen LogP contribution >= 0.6 is 0 Å². The van der Waals surface area contributed by atoms with Gasteiger partial charge in [0.1, 0.15) is 0 Å². The summed E-state index contributed by atoms with van der Waals surface area (Å²) < 4.78 is 54.5. The van der Waals surface area contributed by atoms with Gasteiger partial charge in [0.15, 0.2) is 19.7 Å². The van der Waals surface area contributed by atoms with Crippen LogP contribution in [-0.4, -0.2) is 74.8 Å². The van der Waals surface area contributed by atoms with E-state index in [1.54, 1.807) is 12.1 Å². The third-order valence-corrected chi connectivity index (χ3v) is 12.4. The Morgan fingerprint density at radius 2 is 1.68 bits per heavy atom. The fraction of sp³-hybridized carbons (Fsp3) is 0.500. The van der Waals surface area contributed by atoms with Gasteiger partial charge in [0.25, 0.3) is 0 Å². The monoisotopic (exact) mass is 583 g/mol. The Balaban J connectivity index is 1.19. The maximum Gasteiger partial charge on any atom is 0.181 e. The van der Waals surface area contributed by atoms with Gasteiger partial charge < -0.3 is 9.72 Å². The van der Waals surface area contributed by atoms with Crippen molar-refractivity contribution in [2.45, 2.75) is 54.7 Å². The van der Waals surface area contributed by atoms with Gasteiger partial charge in [0, 0.05) is 50.7 Å². The van der Waals surface area contributed by atoms with Gasteiger partial charge in [0.05, 0.1) is 33.0 Å². The summed E-state index contributed by atoms with van der Waals surface area (Å²) in [4.78, 5) is 10.9. The molecule has 0 amide bonds. The molecule has 1 aromatic carbocycles. The number of nitrogens with one attached hydrogen (secondary N) is 1. The van der Waals surface area contributed by atoms with E-state index in [4.69, 9.17) is 9.72 Å². The van der Waals surface area contributed by atoms with Crippen molar-refractivity contribution in [3.8, 4) is 11.4 Å². The minimum atomic E-state index is -3.21. The molecule has 3 aromatic rings. The standard InChI is InChI=1S/C30H37N3O5S2/c34-39(35)17-13-33(14-18-39)21-23-1-8-29(31-20-23)30-10-9-28(32-30)27(19-22-11-15-38-16-12-22)24-2-4-25(5-3-24)40(36,37)26-6-7-26/h1-5,8-10,20,22,26-27,32H,6-7,11-19,21H2. The zero-order valence-corrected chi connectivity index (χ0v) is 24.3. The van der Waals surface area contributed by atoms with Crippen molar-refractivity contribution in [2.75, 3.05) is 37.8 Å². The van der Waals surface area contributed by atoms with Gasteiger partial charge in [-0.25, -0.2) is 16.8 Å². The van der Waals surface area contributed by atoms with Crippen LogP contribution < -0.4 is 0 Å². The summed E-state index contributed by atoms with van der Waals surface area (Å²) in [6.07, 6.45) is 6.43. The predicted octanol–water partition coefficient (Wildman–Crippen LogP) is 4.19. The van der Waals surface area contributed by atoms with Crippen molar-refractivity contribution in [3.63, 3.8) is 0 Å². The van der Waals surface area contributed by atoms with Crippen LogP contribution in [0, 0.1) is 5.92 Å². The summed E-state index contributed by atoms with van der Waals surface area (Å²) in [6, 6.07) is 15.8. The van der Waals surface area contributed by atoms with Gasteiger partial charge in [0.2, 0.25) is 0 Å². The van der Waals surface area contributed by atoms with Crippen LogP contribution in [-0.2, 0) is 31.0 Å². The van der Waals surface area contributed by atoms with Gasteiger partial charge in [-0.1, -0.05) is 18.2 Å². The Hall–Kier alpha value is -2.53. The molecular formula is C30H37N3O5S2. The predicted molar refractivity (Wildman–Crippen MR) is 155 cm³/mol. The number of H-pyrrole nitrogens is 1. The molecule has 6 rings (SSSR count). The van der Waals surface area contributed by atoms with Gasteiger partial charge in [-0.3, -0.25) is 9.88 Å². The van der Waals surface area contributed by atoms with Crippen molar-refractivity contribution in [1.29, 1.82) is 0 Å². The molecule has 1 atom stereocenters. The molecule has 0 radical (unpaired) electrons. The summed E-state index contributed by atoms with van der Waals surface area (Å²) in [5, 5.41) is -0.211. The Labute approximate surface area is 237 Å². The molecule has 10 heteroatoms. The van der Waals surface area contributed by atoms with Crippen molar-refractivity contribution in [2.24, 2.45) is 5.92 Å². The van der Waals surface area contributed by atoms with Crippen LogP contribution in [0.4, 0.5) is 0 Å². The molecule has 1 saturated carbocycles. The topological polar surface area (TPSA) is 109 Å². The summed E-state index contributed by atoms with van der Waals surface area (Å²) >= 11 is 0. The molecule has 1 aliphatic carbocycles. The number of rotatable bonds is 9. The van der Waals surface area contributed by atoms with E-state index >= 15 is 0 Å². The van der Waals surface area contributed by atoms with E-state index in [0.29, 0.717) is 30.4 Å². The van der Waals surface area contributed by atoms with Crippen LogP contribution in [0.25, 0.3) is 11.4 Å². The van der Waals surface area contributed by atoms with E-state index in [-0.39, 0.29) is 22.7 Å². The number of hydrogen-bond donors (Lipinski definition) is 1. The van der Waals surface area contributed by atoms with Crippen molar-refractivity contribution in [3.05, 3.63) is 71.5 Å². The lowest BCUT2D eigenvalue weighted by molar-refractivity contribution is 0.0626. The molecular weight excluding hydrogens is 546 g/mol. The van der Waals surface area contributed by atoms with Crippen molar-refractivity contribution >= 4 is 19.7 Å². The molecule has 8 nitrogen and oxygen atoms in total. The minimum absolute atomic E-state index is 0.115. The molecule has 0 spiro atoms. The van der Waals surface area contributed by atoms with Gasteiger partial charge in [-0.05, 0) is 79.5 Å². The van der Waals surface area contributed by atoms with Crippen LogP contribution in [0.1, 0.15) is 54.8 Å². The fourth-order valence-electron chi connectivity index (χ4n) is 5.83. The quantitative estimate of drug-likeness (QED) is 0.402. The van der Waals surface area contributed by atoms with E-state index in [0.717, 1.165) is 73.5 Å². The molecule has 2 saturated heterocycles. The molecule has 2 aliphatic heterocycles. The number of ether oxygens (including phenoxy) is 1. The first kappa shape index (κ1) is 27.6. The number of hydrogen-bond acceptors (Lipinski definition) is 7. The Morgan fingerprint density at radius 1 is 0.950 bits per heavy atom. The lowest BCUT2D eigenvalue weighted by Gasteiger charge is -2.27. The van der Waals surface area contributed by atoms with Crippen LogP contribution in [0.15, 0.2) is 59.6 Å². The molecule has 2 aromatic heterocycles. The third-order valence-electron chi connectivity index (χ3n) is 8.51. The lowest BCUT2D eigenvalue weighted by Crippen LogP contribution is -2.39. The highest BCUT2D eigenvalue weighted by molar-refractivity contribution is 7.92. The second kappa shape index (κ2) is 11.4. The van der Waals surface area contributed by atoms with Crippen LogP contribution in [0.2, 0.25) is 0 Å². The first-order valence-corrected chi connectivity index (χ1v) is 17.6. The molecule has 1 unspecified atom stereocenters. The van der Waals surface area contributed by atoms with Gasteiger partial charge >= 0.3 is 0 Å². The second-order valence-electron chi connectivity index (χ2n) is 11.5. The summed E-state index contributed by atoms with van der Waals surface area (Å²) in [5.74, 6) is 1.10. The van der Waals surface area contributed by atoms with Gasteiger partial charge in [-0.15, -0.1) is 0 Å². The molecule has 40 heavy (non-hydrogen) atoms. The van der Waals surface area contributed by atoms with E-state index in [1.807, 2.05) is 24.4 Å². The average molecular weight is 584 g/mol. The fourth-order valence-corrected chi connectivity index (χ4v) is 8.76. The summed E-state index contributed by atoms with van der Waals surface area (Å²) in [6.45, 7) is 3.39. The van der Waals surface area contributed by atoms with Crippen molar-refractivity contribution in [1.82, 2.24) is 14.9 Å². The zero-order valence-electron chi connectivity index (χ0n) is 22.7. The number of aromatic nitrogens is 2. The number of sulfone groups is 2. The van der Waals surface area contributed by atoms with Gasteiger partial charge in [-0.2, -0.15) is 0 Å². The maximum atomic E-state index is 12.7. The largest absolute Gasteiger partial charge is 0.381 e. The summed E-state index contributed by atoms with van der Waals surface area (Å²) in [7, 11) is -6.10. The Kier molecular flexibility index (Phi) is 7.87.